The molecule has 26 heavy (non-hydrogen) atoms. The summed E-state index contributed by atoms with van der Waals surface area (Å²) in [5.74, 6) is 1.50. The summed E-state index contributed by atoms with van der Waals surface area (Å²) in [4.78, 5) is 7.48. The van der Waals surface area contributed by atoms with Crippen molar-refractivity contribution in [3.8, 4) is 11.5 Å². The van der Waals surface area contributed by atoms with Crippen LogP contribution in [0.5, 0.6) is 11.5 Å². The van der Waals surface area contributed by atoms with E-state index in [4.69, 9.17) is 14.5 Å². The fraction of sp³-hybridized carbons (Fsp3) is 0.571. The van der Waals surface area contributed by atoms with E-state index in [1.807, 2.05) is 6.07 Å². The predicted molar refractivity (Wildman–Crippen MR) is 106 cm³/mol. The van der Waals surface area contributed by atoms with Gasteiger partial charge in [-0.3, -0.25) is 9.88 Å². The van der Waals surface area contributed by atoms with Crippen LogP contribution in [-0.2, 0) is 12.8 Å². The first-order chi connectivity index (χ1) is 12.6. The van der Waals surface area contributed by atoms with Crippen LogP contribution in [0.3, 0.4) is 0 Å². The number of aryl methyl sites for hydroxylation is 1. The van der Waals surface area contributed by atoms with Crippen LogP contribution in [0.4, 0.5) is 5.69 Å². The predicted octanol–water partition coefficient (Wildman–Crippen LogP) is 3.64. The fourth-order valence-electron chi connectivity index (χ4n) is 4.33. The molecule has 0 amide bonds. The molecular formula is C21H29N3O2. The van der Waals surface area contributed by atoms with Crippen molar-refractivity contribution in [3.05, 3.63) is 23.4 Å². The number of benzene rings is 1. The van der Waals surface area contributed by atoms with Crippen LogP contribution in [0.2, 0.25) is 0 Å². The first-order valence-electron chi connectivity index (χ1n) is 9.68. The Hall–Kier alpha value is -2.01. The molecule has 0 spiro atoms. The quantitative estimate of drug-likeness (QED) is 0.887. The van der Waals surface area contributed by atoms with Gasteiger partial charge < -0.3 is 14.8 Å². The molecule has 0 bridgehead atoms. The van der Waals surface area contributed by atoms with Crippen LogP contribution >= 0.6 is 0 Å². The fourth-order valence-corrected chi connectivity index (χ4v) is 4.33. The van der Waals surface area contributed by atoms with E-state index in [-0.39, 0.29) is 0 Å². The molecule has 5 nitrogen and oxygen atoms in total. The second-order valence-corrected chi connectivity index (χ2v) is 7.71. The first kappa shape index (κ1) is 17.4. The molecule has 1 aliphatic carbocycles. The van der Waals surface area contributed by atoms with Crippen LogP contribution < -0.4 is 14.8 Å². The van der Waals surface area contributed by atoms with Crippen molar-refractivity contribution in [1.82, 2.24) is 9.88 Å². The molecule has 1 saturated heterocycles. The Morgan fingerprint density at radius 2 is 1.92 bits per heavy atom. The maximum atomic E-state index is 5.55. The number of methoxy groups -OCH3 is 2. The third-order valence-corrected chi connectivity index (χ3v) is 5.82. The summed E-state index contributed by atoms with van der Waals surface area (Å²) in [5.41, 5.74) is 4.89. The van der Waals surface area contributed by atoms with E-state index in [0.29, 0.717) is 12.1 Å². The van der Waals surface area contributed by atoms with E-state index in [1.54, 1.807) is 14.2 Å². The molecule has 140 valence electrons. The van der Waals surface area contributed by atoms with Crippen LogP contribution in [0, 0.1) is 0 Å². The van der Waals surface area contributed by atoms with Gasteiger partial charge in [-0.15, -0.1) is 0 Å². The van der Waals surface area contributed by atoms with Crippen molar-refractivity contribution in [1.29, 1.82) is 0 Å². The SMILES string of the molecule is COc1cc2nc3c(c(N[C@@H]4CCN(C(C)C)C4)c2cc1OC)CCC3. The highest BCUT2D eigenvalue weighted by Gasteiger charge is 2.27. The van der Waals surface area contributed by atoms with E-state index in [0.717, 1.165) is 48.3 Å². The van der Waals surface area contributed by atoms with Crippen LogP contribution in [0.15, 0.2) is 12.1 Å². The molecule has 0 radical (unpaired) electrons. The molecular weight excluding hydrogens is 326 g/mol. The summed E-state index contributed by atoms with van der Waals surface area (Å²) in [7, 11) is 3.37. The zero-order chi connectivity index (χ0) is 18.3. The molecule has 2 aliphatic rings. The summed E-state index contributed by atoms with van der Waals surface area (Å²) in [6.07, 6.45) is 4.54. The van der Waals surface area contributed by atoms with Crippen molar-refractivity contribution in [2.75, 3.05) is 32.6 Å². The summed E-state index contributed by atoms with van der Waals surface area (Å²) >= 11 is 0. The molecule has 4 rings (SSSR count). The smallest absolute Gasteiger partial charge is 0.162 e. The second-order valence-electron chi connectivity index (χ2n) is 7.71. The van der Waals surface area contributed by atoms with Gasteiger partial charge in [0.1, 0.15) is 0 Å². The molecule has 1 fully saturated rings. The lowest BCUT2D eigenvalue weighted by Gasteiger charge is -2.23. The van der Waals surface area contributed by atoms with Gasteiger partial charge in [-0.25, -0.2) is 0 Å². The van der Waals surface area contributed by atoms with Gasteiger partial charge in [-0.05, 0) is 51.2 Å². The number of anilines is 1. The minimum absolute atomic E-state index is 0.487. The lowest BCUT2D eigenvalue weighted by atomic mass is 10.0. The Balaban J connectivity index is 1.77. The minimum atomic E-state index is 0.487. The van der Waals surface area contributed by atoms with Gasteiger partial charge in [0.2, 0.25) is 0 Å². The Kier molecular flexibility index (Phi) is 4.65. The number of nitrogens with one attached hydrogen (secondary N) is 1. The van der Waals surface area contributed by atoms with Crippen molar-refractivity contribution >= 4 is 16.6 Å². The highest BCUT2D eigenvalue weighted by molar-refractivity contribution is 5.96. The molecule has 0 saturated carbocycles. The average molecular weight is 355 g/mol. The molecule has 2 aromatic rings. The number of pyridine rings is 1. The van der Waals surface area contributed by atoms with Gasteiger partial charge in [0, 0.05) is 48.0 Å². The van der Waals surface area contributed by atoms with Gasteiger partial charge in [0.15, 0.2) is 11.5 Å². The van der Waals surface area contributed by atoms with E-state index < -0.39 is 0 Å². The summed E-state index contributed by atoms with van der Waals surface area (Å²) in [6.45, 7) is 6.82. The zero-order valence-corrected chi connectivity index (χ0v) is 16.3. The van der Waals surface area contributed by atoms with Crippen LogP contribution in [0.25, 0.3) is 10.9 Å². The standard InChI is InChI=1S/C21H29N3O2/c1-13(2)24-9-8-14(12-24)22-21-15-6-5-7-17(15)23-18-11-20(26-4)19(25-3)10-16(18)21/h10-11,13-14H,5-9,12H2,1-4H3,(H,22,23)/t14-/m1/s1. The Bertz CT molecular complexity index is 819. The van der Waals surface area contributed by atoms with E-state index in [2.05, 4.69) is 30.1 Å². The first-order valence-corrected chi connectivity index (χ1v) is 9.68. The maximum absolute atomic E-state index is 5.55. The number of rotatable bonds is 5. The molecule has 5 heteroatoms. The number of ether oxygens (including phenoxy) is 2. The lowest BCUT2D eigenvalue weighted by Crippen LogP contribution is -2.31. The van der Waals surface area contributed by atoms with Crippen molar-refractivity contribution < 1.29 is 9.47 Å². The van der Waals surface area contributed by atoms with Crippen LogP contribution in [-0.4, -0.2) is 49.3 Å². The topological polar surface area (TPSA) is 46.6 Å². The lowest BCUT2D eigenvalue weighted by molar-refractivity contribution is 0.274. The number of hydrogen-bond donors (Lipinski definition) is 1. The summed E-state index contributed by atoms with van der Waals surface area (Å²) in [6, 6.07) is 5.18. The molecule has 1 atom stereocenters. The van der Waals surface area contributed by atoms with E-state index in [1.165, 1.54) is 29.8 Å². The molecule has 1 aromatic carbocycles. The van der Waals surface area contributed by atoms with Gasteiger partial charge in [-0.2, -0.15) is 0 Å². The average Bonchev–Trinajstić information content (AvgIpc) is 3.29. The van der Waals surface area contributed by atoms with Crippen molar-refractivity contribution in [2.45, 2.75) is 51.6 Å². The molecule has 1 N–H and O–H groups in total. The number of nitrogens with zero attached hydrogens (tertiary/aromatic N) is 2. The van der Waals surface area contributed by atoms with Crippen molar-refractivity contribution in [3.63, 3.8) is 0 Å². The number of hydrogen-bond acceptors (Lipinski definition) is 5. The van der Waals surface area contributed by atoms with Crippen LogP contribution in [0.1, 0.15) is 37.9 Å². The van der Waals surface area contributed by atoms with Gasteiger partial charge in [0.05, 0.1) is 19.7 Å². The van der Waals surface area contributed by atoms with Gasteiger partial charge in [0.25, 0.3) is 0 Å². The molecule has 1 aromatic heterocycles. The van der Waals surface area contributed by atoms with E-state index >= 15 is 0 Å². The Morgan fingerprint density at radius 1 is 1.15 bits per heavy atom. The highest BCUT2D eigenvalue weighted by atomic mass is 16.5. The normalized spacial score (nSPS) is 20.0. The Morgan fingerprint density at radius 3 is 2.62 bits per heavy atom. The number of likely N-dealkylation sites (tertiary alicyclic amines) is 1. The third-order valence-electron chi connectivity index (χ3n) is 5.82. The summed E-state index contributed by atoms with van der Waals surface area (Å²) < 4.78 is 11.0. The largest absolute Gasteiger partial charge is 0.493 e. The van der Waals surface area contributed by atoms with Gasteiger partial charge >= 0.3 is 0 Å². The Labute approximate surface area is 155 Å². The maximum Gasteiger partial charge on any atom is 0.162 e. The van der Waals surface area contributed by atoms with E-state index in [9.17, 15) is 0 Å². The van der Waals surface area contributed by atoms with Crippen molar-refractivity contribution in [2.24, 2.45) is 0 Å². The zero-order valence-electron chi connectivity index (χ0n) is 16.3. The third kappa shape index (κ3) is 2.98. The summed E-state index contributed by atoms with van der Waals surface area (Å²) in [5, 5.41) is 5.02. The molecule has 0 unspecified atom stereocenters. The number of fused-ring (bicyclic) bond motifs is 2. The highest BCUT2D eigenvalue weighted by Crippen LogP contribution is 2.40. The minimum Gasteiger partial charge on any atom is -0.493 e. The molecule has 2 heterocycles. The monoisotopic (exact) mass is 355 g/mol. The van der Waals surface area contributed by atoms with Gasteiger partial charge in [-0.1, -0.05) is 0 Å². The second kappa shape index (κ2) is 6.95. The number of aromatic nitrogens is 1. The molecule has 1 aliphatic heterocycles.